The summed E-state index contributed by atoms with van der Waals surface area (Å²) in [5.74, 6) is -0.143. The lowest BCUT2D eigenvalue weighted by atomic mass is 10.0. The Labute approximate surface area is 146 Å². The van der Waals surface area contributed by atoms with Gasteiger partial charge in [0.2, 0.25) is 5.78 Å². The highest BCUT2D eigenvalue weighted by Gasteiger charge is 2.45. The summed E-state index contributed by atoms with van der Waals surface area (Å²) in [6, 6.07) is 9.50. The van der Waals surface area contributed by atoms with E-state index in [0.29, 0.717) is 31.9 Å². The number of rotatable bonds is 3. The number of ketones is 1. The molecule has 0 radical (unpaired) electrons. The van der Waals surface area contributed by atoms with E-state index in [9.17, 15) is 9.59 Å². The normalized spacial score (nSPS) is 26.4. The van der Waals surface area contributed by atoms with Crippen molar-refractivity contribution in [2.45, 2.75) is 32.2 Å². The number of nitrogens with zero attached hydrogens (tertiary/aromatic N) is 2. The highest BCUT2D eigenvalue weighted by Crippen LogP contribution is 2.30. The SMILES string of the molecule is CC1CC(=O)C(OCc2ccccc2)=C2C(=O)N3CCOCC3NN21. The summed E-state index contributed by atoms with van der Waals surface area (Å²) < 4.78 is 11.3. The van der Waals surface area contributed by atoms with Crippen molar-refractivity contribution in [3.8, 4) is 0 Å². The minimum absolute atomic E-state index is 0.111. The van der Waals surface area contributed by atoms with Crippen LogP contribution in [0.4, 0.5) is 0 Å². The van der Waals surface area contributed by atoms with E-state index in [1.54, 1.807) is 9.91 Å². The molecule has 1 aromatic rings. The molecule has 4 rings (SSSR count). The minimum Gasteiger partial charge on any atom is -0.483 e. The average Bonchev–Trinajstić information content (AvgIpc) is 2.63. The zero-order chi connectivity index (χ0) is 17.4. The molecular formula is C18H21N3O4. The fraction of sp³-hybridized carbons (Fsp3) is 0.444. The molecule has 0 bridgehead atoms. The fourth-order valence-electron chi connectivity index (χ4n) is 3.43. The van der Waals surface area contributed by atoms with Gasteiger partial charge >= 0.3 is 0 Å². The molecular weight excluding hydrogens is 322 g/mol. The van der Waals surface area contributed by atoms with Crippen LogP contribution in [0.15, 0.2) is 41.8 Å². The van der Waals surface area contributed by atoms with E-state index in [2.05, 4.69) is 5.43 Å². The highest BCUT2D eigenvalue weighted by atomic mass is 16.5. The van der Waals surface area contributed by atoms with Crippen molar-refractivity contribution in [1.82, 2.24) is 15.3 Å². The van der Waals surface area contributed by atoms with E-state index in [1.165, 1.54) is 0 Å². The quantitative estimate of drug-likeness (QED) is 0.875. The van der Waals surface area contributed by atoms with E-state index in [-0.39, 0.29) is 36.3 Å². The topological polar surface area (TPSA) is 71.1 Å². The number of morpholine rings is 1. The smallest absolute Gasteiger partial charge is 0.277 e. The van der Waals surface area contributed by atoms with E-state index in [1.807, 2.05) is 37.3 Å². The lowest BCUT2D eigenvalue weighted by Gasteiger charge is -2.49. The third kappa shape index (κ3) is 2.89. The molecule has 0 spiro atoms. The van der Waals surface area contributed by atoms with Crippen LogP contribution in [0.2, 0.25) is 0 Å². The molecule has 2 saturated heterocycles. The first kappa shape index (κ1) is 16.1. The standard InChI is InChI=1S/C18H21N3O4/c1-12-9-14(22)17(25-10-13-5-3-2-4-6-13)16-18(23)20-7-8-24-11-15(20)19-21(12)16/h2-6,12,15,19H,7-11H2,1H3. The molecule has 0 saturated carbocycles. The van der Waals surface area contributed by atoms with Gasteiger partial charge in [0.05, 0.1) is 19.3 Å². The summed E-state index contributed by atoms with van der Waals surface area (Å²) in [7, 11) is 0. The Balaban J connectivity index is 1.65. The lowest BCUT2D eigenvalue weighted by molar-refractivity contribution is -0.155. The van der Waals surface area contributed by atoms with E-state index in [4.69, 9.17) is 9.47 Å². The Bertz CT molecular complexity index is 718. The summed E-state index contributed by atoms with van der Waals surface area (Å²) in [4.78, 5) is 27.3. The van der Waals surface area contributed by atoms with Crippen LogP contribution in [0.1, 0.15) is 18.9 Å². The molecule has 3 heterocycles. The van der Waals surface area contributed by atoms with Crippen molar-refractivity contribution in [2.24, 2.45) is 0 Å². The second-order valence-corrected chi connectivity index (χ2v) is 6.52. The monoisotopic (exact) mass is 343 g/mol. The molecule has 3 aliphatic rings. The Morgan fingerprint density at radius 2 is 2.08 bits per heavy atom. The van der Waals surface area contributed by atoms with Gasteiger partial charge in [0.15, 0.2) is 11.5 Å². The van der Waals surface area contributed by atoms with Gasteiger partial charge in [-0.05, 0) is 12.5 Å². The number of Topliss-reactive ketones (excluding diaryl/α,β-unsaturated/α-hetero) is 1. The number of allylic oxidation sites excluding steroid dienone is 1. The number of hydrogen-bond donors (Lipinski definition) is 1. The number of hydrazine groups is 1. The molecule has 0 aromatic heterocycles. The fourth-order valence-corrected chi connectivity index (χ4v) is 3.43. The zero-order valence-electron chi connectivity index (χ0n) is 14.1. The van der Waals surface area contributed by atoms with Gasteiger partial charge in [-0.25, -0.2) is 5.43 Å². The van der Waals surface area contributed by atoms with Gasteiger partial charge in [0.25, 0.3) is 5.91 Å². The predicted molar refractivity (Wildman–Crippen MR) is 88.6 cm³/mol. The summed E-state index contributed by atoms with van der Waals surface area (Å²) in [6.07, 6.45) is 0.109. The highest BCUT2D eigenvalue weighted by molar-refractivity contribution is 6.05. The molecule has 7 heteroatoms. The molecule has 2 fully saturated rings. The van der Waals surface area contributed by atoms with E-state index >= 15 is 0 Å². The van der Waals surface area contributed by atoms with Crippen LogP contribution in [0.3, 0.4) is 0 Å². The predicted octanol–water partition coefficient (Wildman–Crippen LogP) is 0.781. The summed E-state index contributed by atoms with van der Waals surface area (Å²) in [6.45, 7) is 3.62. The van der Waals surface area contributed by atoms with Crippen LogP contribution in [0.25, 0.3) is 0 Å². The molecule has 2 atom stereocenters. The summed E-state index contributed by atoms with van der Waals surface area (Å²) in [5, 5.41) is 1.78. The molecule has 3 aliphatic heterocycles. The Kier molecular flexibility index (Phi) is 4.19. The number of amides is 1. The summed E-state index contributed by atoms with van der Waals surface area (Å²) >= 11 is 0. The van der Waals surface area contributed by atoms with Gasteiger partial charge in [-0.15, -0.1) is 0 Å². The Morgan fingerprint density at radius 1 is 1.28 bits per heavy atom. The second-order valence-electron chi connectivity index (χ2n) is 6.52. The van der Waals surface area contributed by atoms with Crippen molar-refractivity contribution < 1.29 is 19.1 Å². The van der Waals surface area contributed by atoms with E-state index < -0.39 is 0 Å². The van der Waals surface area contributed by atoms with Crippen molar-refractivity contribution in [1.29, 1.82) is 0 Å². The first-order chi connectivity index (χ1) is 12.1. The van der Waals surface area contributed by atoms with Gasteiger partial charge in [0, 0.05) is 13.0 Å². The van der Waals surface area contributed by atoms with Crippen LogP contribution >= 0.6 is 0 Å². The molecule has 1 amide bonds. The molecule has 1 N–H and O–H groups in total. The van der Waals surface area contributed by atoms with Crippen molar-refractivity contribution in [3.63, 3.8) is 0 Å². The number of ether oxygens (including phenoxy) is 2. The van der Waals surface area contributed by atoms with Gasteiger partial charge in [-0.1, -0.05) is 30.3 Å². The van der Waals surface area contributed by atoms with Crippen LogP contribution in [-0.2, 0) is 25.7 Å². The third-order valence-corrected chi connectivity index (χ3v) is 4.74. The van der Waals surface area contributed by atoms with Gasteiger partial charge in [0.1, 0.15) is 12.8 Å². The zero-order valence-corrected chi connectivity index (χ0v) is 14.1. The Hall–Kier alpha value is -2.38. The van der Waals surface area contributed by atoms with Crippen LogP contribution in [0, 0.1) is 0 Å². The number of carbonyl (C=O) groups is 2. The molecule has 132 valence electrons. The maximum atomic E-state index is 13.0. The minimum atomic E-state index is -0.198. The molecule has 25 heavy (non-hydrogen) atoms. The average molecular weight is 343 g/mol. The molecule has 7 nitrogen and oxygen atoms in total. The maximum absolute atomic E-state index is 13.0. The number of carbonyl (C=O) groups excluding carboxylic acids is 2. The lowest BCUT2D eigenvalue weighted by Crippen LogP contribution is -2.69. The second kappa shape index (κ2) is 6.50. The first-order valence-electron chi connectivity index (χ1n) is 8.53. The largest absolute Gasteiger partial charge is 0.483 e. The van der Waals surface area contributed by atoms with Crippen LogP contribution in [-0.4, -0.2) is 53.6 Å². The van der Waals surface area contributed by atoms with Crippen molar-refractivity contribution >= 4 is 11.7 Å². The maximum Gasteiger partial charge on any atom is 0.277 e. The van der Waals surface area contributed by atoms with Gasteiger partial charge in [-0.3, -0.25) is 14.6 Å². The Morgan fingerprint density at radius 3 is 2.88 bits per heavy atom. The van der Waals surface area contributed by atoms with Crippen LogP contribution < -0.4 is 5.43 Å². The number of benzene rings is 1. The van der Waals surface area contributed by atoms with Crippen LogP contribution in [0.5, 0.6) is 0 Å². The third-order valence-electron chi connectivity index (χ3n) is 4.74. The first-order valence-corrected chi connectivity index (χ1v) is 8.53. The van der Waals surface area contributed by atoms with Crippen molar-refractivity contribution in [2.75, 3.05) is 19.8 Å². The molecule has 2 unspecified atom stereocenters. The number of nitrogens with one attached hydrogen (secondary N) is 1. The van der Waals surface area contributed by atoms with Crippen molar-refractivity contribution in [3.05, 3.63) is 47.4 Å². The number of hydrogen-bond acceptors (Lipinski definition) is 6. The molecule has 0 aliphatic carbocycles. The molecule has 1 aromatic carbocycles. The summed E-state index contributed by atoms with van der Waals surface area (Å²) in [5.41, 5.74) is 4.58. The van der Waals surface area contributed by atoms with Gasteiger partial charge in [-0.2, -0.15) is 0 Å². The van der Waals surface area contributed by atoms with E-state index in [0.717, 1.165) is 5.56 Å². The number of fused-ring (bicyclic) bond motifs is 2. The van der Waals surface area contributed by atoms with Gasteiger partial charge < -0.3 is 14.4 Å².